The maximum atomic E-state index is 14.3. The van der Waals surface area contributed by atoms with Gasteiger partial charge in [0, 0.05) is 34.9 Å². The molecular formula is C27H18F3NO5. The number of fused-ring (bicyclic) bond motifs is 5. The van der Waals surface area contributed by atoms with Crippen molar-refractivity contribution < 1.29 is 36.3 Å². The van der Waals surface area contributed by atoms with E-state index in [4.69, 9.17) is 18.3 Å². The molecule has 182 valence electrons. The van der Waals surface area contributed by atoms with Gasteiger partial charge in [0.05, 0.1) is 25.7 Å². The molecule has 2 aromatic carbocycles. The summed E-state index contributed by atoms with van der Waals surface area (Å²) in [6.45, 7) is 0.471. The number of alkyl halides is 3. The molecule has 5 heterocycles. The van der Waals surface area contributed by atoms with Gasteiger partial charge >= 0.3 is 6.18 Å². The van der Waals surface area contributed by atoms with Crippen LogP contribution < -0.4 is 14.4 Å². The quantitative estimate of drug-likeness (QED) is 0.365. The molecular weight excluding hydrogens is 475 g/mol. The second-order valence-corrected chi connectivity index (χ2v) is 9.12. The maximum Gasteiger partial charge on any atom is 0.449 e. The summed E-state index contributed by atoms with van der Waals surface area (Å²) in [6.07, 6.45) is -0.729. The zero-order chi connectivity index (χ0) is 24.7. The van der Waals surface area contributed by atoms with E-state index in [1.165, 1.54) is 11.0 Å². The zero-order valence-corrected chi connectivity index (χ0v) is 18.7. The Hall–Kier alpha value is -4.14. The van der Waals surface area contributed by atoms with E-state index < -0.39 is 17.4 Å². The van der Waals surface area contributed by atoms with Gasteiger partial charge in [-0.05, 0) is 41.5 Å². The van der Waals surface area contributed by atoms with Crippen LogP contribution in [0.25, 0.3) is 11.1 Å². The van der Waals surface area contributed by atoms with Crippen molar-refractivity contribution in [1.29, 1.82) is 0 Å². The number of carbonyl (C=O) groups is 1. The Kier molecular flexibility index (Phi) is 4.23. The third-order valence-corrected chi connectivity index (χ3v) is 7.15. The largest absolute Gasteiger partial charge is 0.493 e. The summed E-state index contributed by atoms with van der Waals surface area (Å²) in [7, 11) is 0. The molecule has 0 saturated carbocycles. The third-order valence-electron chi connectivity index (χ3n) is 7.15. The van der Waals surface area contributed by atoms with Crippen molar-refractivity contribution in [3.05, 3.63) is 89.3 Å². The highest BCUT2D eigenvalue weighted by Gasteiger charge is 2.58. The topological polar surface area (TPSA) is 65.1 Å². The summed E-state index contributed by atoms with van der Waals surface area (Å²) in [5, 5.41) is 0. The minimum atomic E-state index is -4.61. The molecule has 3 aliphatic heterocycles. The highest BCUT2D eigenvalue weighted by atomic mass is 19.4. The van der Waals surface area contributed by atoms with E-state index in [-0.39, 0.29) is 24.8 Å². The summed E-state index contributed by atoms with van der Waals surface area (Å²) >= 11 is 0. The van der Waals surface area contributed by atoms with Crippen molar-refractivity contribution in [1.82, 2.24) is 0 Å². The number of rotatable bonds is 3. The van der Waals surface area contributed by atoms with Gasteiger partial charge in [-0.3, -0.25) is 4.79 Å². The van der Waals surface area contributed by atoms with Gasteiger partial charge in [0.2, 0.25) is 11.7 Å². The van der Waals surface area contributed by atoms with E-state index >= 15 is 0 Å². The molecule has 0 radical (unpaired) electrons. The minimum Gasteiger partial charge on any atom is -0.493 e. The molecule has 9 heteroatoms. The number of benzene rings is 2. The smallest absolute Gasteiger partial charge is 0.449 e. The molecule has 1 amide bonds. The van der Waals surface area contributed by atoms with Crippen LogP contribution in [0.2, 0.25) is 0 Å². The predicted molar refractivity (Wildman–Crippen MR) is 121 cm³/mol. The SMILES string of the molecule is O=C1N(Cc2ccc(C(F)(F)F)o2)c2cccc(-c3ccoc3)c2C12COc1cc3c(cc12)CCO3. The molecule has 1 unspecified atom stereocenters. The predicted octanol–water partition coefficient (Wildman–Crippen LogP) is 5.72. The number of hydrogen-bond acceptors (Lipinski definition) is 5. The summed E-state index contributed by atoms with van der Waals surface area (Å²) in [4.78, 5) is 15.8. The molecule has 0 saturated heterocycles. The molecule has 0 N–H and O–H groups in total. The molecule has 4 aromatic rings. The minimum absolute atomic E-state index is 0.0360. The second kappa shape index (κ2) is 7.19. The Morgan fingerprint density at radius 1 is 1.03 bits per heavy atom. The van der Waals surface area contributed by atoms with Gasteiger partial charge in [-0.25, -0.2) is 0 Å². The zero-order valence-electron chi connectivity index (χ0n) is 18.7. The fraction of sp³-hybridized carbons (Fsp3) is 0.222. The molecule has 0 aliphatic carbocycles. The van der Waals surface area contributed by atoms with Crippen molar-refractivity contribution in [2.24, 2.45) is 0 Å². The molecule has 0 bridgehead atoms. The lowest BCUT2D eigenvalue weighted by atomic mass is 9.74. The summed E-state index contributed by atoms with van der Waals surface area (Å²) < 4.78 is 61.6. The highest BCUT2D eigenvalue weighted by Crippen LogP contribution is 2.56. The number of furan rings is 2. The molecule has 1 atom stereocenters. The van der Waals surface area contributed by atoms with Gasteiger partial charge in [0.15, 0.2) is 0 Å². The first-order chi connectivity index (χ1) is 17.4. The number of hydrogen-bond donors (Lipinski definition) is 0. The first-order valence-electron chi connectivity index (χ1n) is 11.4. The van der Waals surface area contributed by atoms with Gasteiger partial charge in [0.25, 0.3) is 0 Å². The van der Waals surface area contributed by atoms with E-state index in [2.05, 4.69) is 0 Å². The highest BCUT2D eigenvalue weighted by molar-refractivity contribution is 6.13. The first-order valence-corrected chi connectivity index (χ1v) is 11.4. The van der Waals surface area contributed by atoms with Crippen molar-refractivity contribution in [3.63, 3.8) is 0 Å². The number of amides is 1. The lowest BCUT2D eigenvalue weighted by Crippen LogP contribution is -2.42. The molecule has 0 fully saturated rings. The second-order valence-electron chi connectivity index (χ2n) is 9.12. The Morgan fingerprint density at radius 3 is 2.69 bits per heavy atom. The van der Waals surface area contributed by atoms with Crippen molar-refractivity contribution in [3.8, 4) is 22.6 Å². The fourth-order valence-corrected chi connectivity index (χ4v) is 5.55. The van der Waals surface area contributed by atoms with Gasteiger partial charge in [0.1, 0.15) is 29.3 Å². The van der Waals surface area contributed by atoms with E-state index in [1.807, 2.05) is 30.3 Å². The monoisotopic (exact) mass is 493 g/mol. The van der Waals surface area contributed by atoms with Crippen LogP contribution >= 0.6 is 0 Å². The number of anilines is 1. The molecule has 6 nitrogen and oxygen atoms in total. The van der Waals surface area contributed by atoms with E-state index in [9.17, 15) is 18.0 Å². The van der Waals surface area contributed by atoms with Crippen LogP contribution in [0.4, 0.5) is 18.9 Å². The number of nitrogens with zero attached hydrogens (tertiary/aromatic N) is 1. The molecule has 2 aromatic heterocycles. The average molecular weight is 493 g/mol. The molecule has 1 spiro atoms. The number of carbonyl (C=O) groups excluding carboxylic acids is 1. The Morgan fingerprint density at radius 2 is 1.92 bits per heavy atom. The Balaban J connectivity index is 1.42. The van der Waals surface area contributed by atoms with Crippen LogP contribution in [-0.2, 0) is 29.4 Å². The molecule has 3 aliphatic rings. The van der Waals surface area contributed by atoms with E-state index in [0.717, 1.165) is 46.1 Å². The van der Waals surface area contributed by atoms with Crippen LogP contribution in [0.1, 0.15) is 28.2 Å². The summed E-state index contributed by atoms with van der Waals surface area (Å²) in [6, 6.07) is 13.3. The Bertz CT molecular complexity index is 1520. The van der Waals surface area contributed by atoms with Crippen LogP contribution in [0.5, 0.6) is 11.5 Å². The van der Waals surface area contributed by atoms with Gasteiger partial charge < -0.3 is 23.2 Å². The normalized spacial score (nSPS) is 19.9. The van der Waals surface area contributed by atoms with E-state index in [0.29, 0.717) is 18.0 Å². The maximum absolute atomic E-state index is 14.3. The lowest BCUT2D eigenvalue weighted by Gasteiger charge is -2.24. The average Bonchev–Trinajstić information content (AvgIpc) is 3.67. The van der Waals surface area contributed by atoms with Crippen molar-refractivity contribution >= 4 is 11.6 Å². The van der Waals surface area contributed by atoms with Crippen LogP contribution in [0, 0.1) is 0 Å². The van der Waals surface area contributed by atoms with Crippen LogP contribution in [0.15, 0.2) is 69.9 Å². The van der Waals surface area contributed by atoms with Crippen molar-refractivity contribution in [2.75, 3.05) is 18.1 Å². The first kappa shape index (κ1) is 21.2. The molecule has 7 rings (SSSR count). The molecule has 36 heavy (non-hydrogen) atoms. The number of ether oxygens (including phenoxy) is 2. The third kappa shape index (κ3) is 2.82. The van der Waals surface area contributed by atoms with Gasteiger partial charge in [-0.15, -0.1) is 0 Å². The van der Waals surface area contributed by atoms with E-state index in [1.54, 1.807) is 18.6 Å². The van der Waals surface area contributed by atoms with Gasteiger partial charge in [-0.1, -0.05) is 12.1 Å². The van der Waals surface area contributed by atoms with Gasteiger partial charge in [-0.2, -0.15) is 13.2 Å². The summed E-state index contributed by atoms with van der Waals surface area (Å²) in [5.41, 5.74) is 3.46. The Labute approximate surface area is 202 Å². The summed E-state index contributed by atoms with van der Waals surface area (Å²) in [5.74, 6) is -0.0379. The fourth-order valence-electron chi connectivity index (χ4n) is 5.55. The standard InChI is InChI=1S/C27H18F3NO5/c28-27(29,30)23-5-4-17(36-23)12-31-20-3-1-2-18(16-6-8-33-13-16)24(20)26(25(31)32)14-35-22-11-21-15(7-9-34-21)10-19(22)26/h1-6,8,10-11,13H,7,9,12,14H2. The lowest BCUT2D eigenvalue weighted by molar-refractivity contribution is -0.153. The van der Waals surface area contributed by atoms with Crippen molar-refractivity contribution in [2.45, 2.75) is 24.6 Å². The van der Waals surface area contributed by atoms with Crippen LogP contribution in [-0.4, -0.2) is 19.1 Å². The van der Waals surface area contributed by atoms with Crippen LogP contribution in [0.3, 0.4) is 0 Å². The number of halogens is 3.